The van der Waals surface area contributed by atoms with Crippen LogP contribution in [0.25, 0.3) is 11.0 Å². The number of anilines is 1. The van der Waals surface area contributed by atoms with Gasteiger partial charge in [-0.25, -0.2) is 14.8 Å². The summed E-state index contributed by atoms with van der Waals surface area (Å²) in [6.45, 7) is 9.39. The average molecular weight is 386 g/mol. The van der Waals surface area contributed by atoms with Gasteiger partial charge in [0.15, 0.2) is 5.82 Å². The van der Waals surface area contributed by atoms with Crippen LogP contribution in [0, 0.1) is 0 Å². The van der Waals surface area contributed by atoms with Crippen molar-refractivity contribution in [3.05, 3.63) is 24.3 Å². The van der Waals surface area contributed by atoms with E-state index in [2.05, 4.69) is 15.2 Å². The van der Waals surface area contributed by atoms with Crippen molar-refractivity contribution in [2.45, 2.75) is 58.6 Å². The zero-order valence-electron chi connectivity index (χ0n) is 17.2. The Bertz CT molecular complexity index is 819. The number of alkyl carbamates (subject to hydrolysis) is 1. The zero-order chi connectivity index (χ0) is 20.1. The van der Waals surface area contributed by atoms with E-state index in [0.29, 0.717) is 19.0 Å². The van der Waals surface area contributed by atoms with Crippen LogP contribution in [-0.2, 0) is 4.74 Å². The van der Waals surface area contributed by atoms with Crippen molar-refractivity contribution >= 4 is 22.9 Å². The molecule has 2 aromatic rings. The molecule has 0 bridgehead atoms. The largest absolute Gasteiger partial charge is 0.475 e. The second kappa shape index (κ2) is 8.63. The summed E-state index contributed by atoms with van der Waals surface area (Å²) in [5.41, 5.74) is 1.14. The normalized spacial score (nSPS) is 17.4. The van der Waals surface area contributed by atoms with Crippen LogP contribution in [0.4, 0.5) is 10.6 Å². The van der Waals surface area contributed by atoms with E-state index in [9.17, 15) is 4.79 Å². The Hall–Kier alpha value is -2.57. The average Bonchev–Trinajstić information content (AvgIpc) is 2.65. The minimum absolute atomic E-state index is 0.121. The van der Waals surface area contributed by atoms with Gasteiger partial charge >= 0.3 is 6.09 Å². The molecule has 1 atom stereocenters. The summed E-state index contributed by atoms with van der Waals surface area (Å²) in [6.07, 6.45) is 2.76. The number of carbonyl (C=O) groups excluding carboxylic acids is 1. The summed E-state index contributed by atoms with van der Waals surface area (Å²) in [5, 5.41) is 2.91. The predicted molar refractivity (Wildman–Crippen MR) is 110 cm³/mol. The monoisotopic (exact) mass is 386 g/mol. The highest BCUT2D eigenvalue weighted by molar-refractivity contribution is 5.77. The molecule has 0 spiro atoms. The number of piperidine rings is 1. The summed E-state index contributed by atoms with van der Waals surface area (Å²) in [7, 11) is 0. The maximum atomic E-state index is 12.1. The van der Waals surface area contributed by atoms with Crippen molar-refractivity contribution in [1.29, 1.82) is 0 Å². The maximum Gasteiger partial charge on any atom is 0.407 e. The van der Waals surface area contributed by atoms with Crippen LogP contribution in [0.2, 0.25) is 0 Å². The van der Waals surface area contributed by atoms with E-state index in [1.54, 1.807) is 0 Å². The van der Waals surface area contributed by atoms with Crippen LogP contribution in [0.15, 0.2) is 24.3 Å². The fourth-order valence-electron chi connectivity index (χ4n) is 3.40. The molecular weight excluding hydrogens is 356 g/mol. The number of aromatic nitrogens is 2. The first-order valence-electron chi connectivity index (χ1n) is 10.0. The first-order valence-corrected chi connectivity index (χ1v) is 10.0. The molecule has 3 rings (SSSR count). The third-order valence-electron chi connectivity index (χ3n) is 4.58. The highest BCUT2D eigenvalue weighted by Crippen LogP contribution is 2.31. The van der Waals surface area contributed by atoms with E-state index in [-0.39, 0.29) is 6.04 Å². The molecule has 1 saturated heterocycles. The molecule has 1 fully saturated rings. The van der Waals surface area contributed by atoms with E-state index in [4.69, 9.17) is 14.5 Å². The van der Waals surface area contributed by atoms with Gasteiger partial charge in [-0.2, -0.15) is 0 Å². The molecule has 152 valence electrons. The standard InChI is InChI=1S/C21H30N4O3/c1-5-27-19-18(23-16-11-6-7-12-17(16)24-19)25-13-9-8-10-15(25)14-22-20(26)28-21(2,3)4/h6-7,11-12,15H,5,8-10,13-14H2,1-4H3,(H,22,26)/t15-/m0/s1. The van der Waals surface area contributed by atoms with Gasteiger partial charge in [-0.3, -0.25) is 0 Å². The molecule has 7 nitrogen and oxygen atoms in total. The van der Waals surface area contributed by atoms with Crippen molar-refractivity contribution in [3.63, 3.8) is 0 Å². The van der Waals surface area contributed by atoms with E-state index in [1.807, 2.05) is 52.0 Å². The van der Waals surface area contributed by atoms with Crippen molar-refractivity contribution < 1.29 is 14.3 Å². The molecule has 1 N–H and O–H groups in total. The van der Waals surface area contributed by atoms with Gasteiger partial charge in [-0.05, 0) is 59.1 Å². The molecule has 1 aromatic heterocycles. The molecule has 1 aliphatic heterocycles. The van der Waals surface area contributed by atoms with Crippen molar-refractivity contribution in [1.82, 2.24) is 15.3 Å². The summed E-state index contributed by atoms with van der Waals surface area (Å²) < 4.78 is 11.2. The number of nitrogens with zero attached hydrogens (tertiary/aromatic N) is 3. The van der Waals surface area contributed by atoms with Crippen molar-refractivity contribution in [2.24, 2.45) is 0 Å². The summed E-state index contributed by atoms with van der Waals surface area (Å²) >= 11 is 0. The molecule has 1 aliphatic rings. The Labute approximate surface area is 166 Å². The lowest BCUT2D eigenvalue weighted by molar-refractivity contribution is 0.0523. The minimum atomic E-state index is -0.512. The van der Waals surface area contributed by atoms with Gasteiger partial charge in [0.2, 0.25) is 0 Å². The Morgan fingerprint density at radius 1 is 1.21 bits per heavy atom. The molecule has 0 unspecified atom stereocenters. The number of carbonyl (C=O) groups is 1. The van der Waals surface area contributed by atoms with Gasteiger partial charge in [-0.15, -0.1) is 0 Å². The SMILES string of the molecule is CCOc1nc2ccccc2nc1N1CCCC[C@H]1CNC(=O)OC(C)(C)C. The Kier molecular flexibility index (Phi) is 6.21. The number of amides is 1. The second-order valence-electron chi connectivity index (χ2n) is 8.00. The molecule has 0 aliphatic carbocycles. The van der Waals surface area contributed by atoms with Crippen LogP contribution in [0.1, 0.15) is 47.0 Å². The molecule has 0 saturated carbocycles. The number of fused-ring (bicyclic) bond motifs is 1. The molecule has 1 amide bonds. The number of nitrogens with one attached hydrogen (secondary N) is 1. The van der Waals surface area contributed by atoms with E-state index in [0.717, 1.165) is 42.7 Å². The van der Waals surface area contributed by atoms with Crippen LogP contribution >= 0.6 is 0 Å². The molecule has 1 aromatic carbocycles. The molecule has 28 heavy (non-hydrogen) atoms. The third-order valence-corrected chi connectivity index (χ3v) is 4.58. The highest BCUT2D eigenvalue weighted by Gasteiger charge is 2.28. The van der Waals surface area contributed by atoms with Gasteiger partial charge in [0.05, 0.1) is 17.6 Å². The van der Waals surface area contributed by atoms with Crippen LogP contribution in [-0.4, -0.2) is 47.4 Å². The Morgan fingerprint density at radius 3 is 2.61 bits per heavy atom. The molecular formula is C21H30N4O3. The first kappa shape index (κ1) is 20.2. The van der Waals surface area contributed by atoms with Gasteiger partial charge < -0.3 is 19.7 Å². The Balaban J connectivity index is 1.83. The topological polar surface area (TPSA) is 76.6 Å². The van der Waals surface area contributed by atoms with Gasteiger partial charge in [0, 0.05) is 19.1 Å². The number of hydrogen-bond acceptors (Lipinski definition) is 6. The van der Waals surface area contributed by atoms with Gasteiger partial charge in [0.25, 0.3) is 5.88 Å². The first-order chi connectivity index (χ1) is 13.4. The predicted octanol–water partition coefficient (Wildman–Crippen LogP) is 3.91. The second-order valence-corrected chi connectivity index (χ2v) is 8.00. The van der Waals surface area contributed by atoms with Crippen LogP contribution in [0.3, 0.4) is 0 Å². The zero-order valence-corrected chi connectivity index (χ0v) is 17.2. The van der Waals surface area contributed by atoms with E-state index in [1.165, 1.54) is 0 Å². The quantitative estimate of drug-likeness (QED) is 0.839. The lowest BCUT2D eigenvalue weighted by atomic mass is 10.0. The number of benzene rings is 1. The third kappa shape index (κ3) is 5.03. The molecule has 7 heteroatoms. The lowest BCUT2D eigenvalue weighted by Gasteiger charge is -2.37. The van der Waals surface area contributed by atoms with Gasteiger partial charge in [-0.1, -0.05) is 12.1 Å². The summed E-state index contributed by atoms with van der Waals surface area (Å²) in [6, 6.07) is 7.92. The maximum absolute atomic E-state index is 12.1. The van der Waals surface area contributed by atoms with Crippen LogP contribution < -0.4 is 15.0 Å². The number of ether oxygens (including phenoxy) is 2. The Morgan fingerprint density at radius 2 is 1.93 bits per heavy atom. The van der Waals surface area contributed by atoms with Crippen LogP contribution in [0.5, 0.6) is 5.88 Å². The molecule has 2 heterocycles. The van der Waals surface area contributed by atoms with E-state index < -0.39 is 11.7 Å². The van der Waals surface area contributed by atoms with Gasteiger partial charge in [0.1, 0.15) is 5.60 Å². The summed E-state index contributed by atoms with van der Waals surface area (Å²) in [4.78, 5) is 23.8. The fourth-order valence-corrected chi connectivity index (χ4v) is 3.40. The smallest absolute Gasteiger partial charge is 0.407 e. The fraction of sp³-hybridized carbons (Fsp3) is 0.571. The lowest BCUT2D eigenvalue weighted by Crippen LogP contribution is -2.48. The molecule has 0 radical (unpaired) electrons. The van der Waals surface area contributed by atoms with E-state index >= 15 is 0 Å². The van der Waals surface area contributed by atoms with Crippen molar-refractivity contribution in [2.75, 3.05) is 24.6 Å². The number of para-hydroxylation sites is 2. The number of hydrogen-bond donors (Lipinski definition) is 1. The highest BCUT2D eigenvalue weighted by atomic mass is 16.6. The number of rotatable bonds is 5. The van der Waals surface area contributed by atoms with Crippen molar-refractivity contribution in [3.8, 4) is 5.88 Å². The minimum Gasteiger partial charge on any atom is -0.475 e. The summed E-state index contributed by atoms with van der Waals surface area (Å²) in [5.74, 6) is 1.29.